The molecule has 3 rings (SSSR count). The number of rotatable bonds is 5. The summed E-state index contributed by atoms with van der Waals surface area (Å²) >= 11 is 5.95. The summed E-state index contributed by atoms with van der Waals surface area (Å²) in [5.74, 6) is -0.297. The van der Waals surface area contributed by atoms with Crippen molar-refractivity contribution in [1.82, 2.24) is 9.80 Å². The van der Waals surface area contributed by atoms with Crippen molar-refractivity contribution in [2.24, 2.45) is 5.14 Å². The van der Waals surface area contributed by atoms with Crippen LogP contribution in [-0.2, 0) is 14.8 Å². The Bertz CT molecular complexity index is 1000. The van der Waals surface area contributed by atoms with Crippen molar-refractivity contribution in [3.05, 3.63) is 59.1 Å². The molecule has 0 aromatic heterocycles. The molecule has 2 aromatic rings. The molecule has 29 heavy (non-hydrogen) atoms. The van der Waals surface area contributed by atoms with Crippen LogP contribution in [0.25, 0.3) is 0 Å². The minimum absolute atomic E-state index is 0.0176. The molecule has 154 valence electrons. The lowest BCUT2D eigenvalue weighted by Crippen LogP contribution is -2.50. The average molecular weight is 437 g/mol. The summed E-state index contributed by atoms with van der Waals surface area (Å²) in [6, 6.07) is 12.5. The van der Waals surface area contributed by atoms with Crippen molar-refractivity contribution >= 4 is 39.1 Å². The van der Waals surface area contributed by atoms with Crippen LogP contribution in [0.2, 0.25) is 5.02 Å². The Kier molecular flexibility index (Phi) is 6.53. The number of carbonyl (C=O) groups excluding carboxylic acids is 2. The molecule has 0 saturated carbocycles. The smallest absolute Gasteiger partial charge is 0.253 e. The lowest BCUT2D eigenvalue weighted by atomic mass is 10.2. The Morgan fingerprint density at radius 2 is 1.69 bits per heavy atom. The lowest BCUT2D eigenvalue weighted by Gasteiger charge is -2.34. The summed E-state index contributed by atoms with van der Waals surface area (Å²) in [7, 11) is -3.77. The molecule has 1 aliphatic rings. The number of nitrogens with one attached hydrogen (secondary N) is 1. The van der Waals surface area contributed by atoms with Gasteiger partial charge in [0.2, 0.25) is 15.9 Å². The van der Waals surface area contributed by atoms with Crippen molar-refractivity contribution < 1.29 is 18.0 Å². The highest BCUT2D eigenvalue weighted by atomic mass is 35.5. The van der Waals surface area contributed by atoms with Gasteiger partial charge >= 0.3 is 0 Å². The van der Waals surface area contributed by atoms with Crippen LogP contribution < -0.4 is 10.5 Å². The molecule has 0 aliphatic carbocycles. The number of hydrogen-bond donors (Lipinski definition) is 2. The van der Waals surface area contributed by atoms with E-state index < -0.39 is 10.0 Å². The Morgan fingerprint density at radius 1 is 1.03 bits per heavy atom. The first-order chi connectivity index (χ1) is 13.7. The van der Waals surface area contributed by atoms with Gasteiger partial charge in [-0.2, -0.15) is 0 Å². The molecular formula is C19H21ClN4O4S. The maximum absolute atomic E-state index is 12.5. The summed E-state index contributed by atoms with van der Waals surface area (Å²) in [5.41, 5.74) is 1.03. The zero-order chi connectivity index (χ0) is 21.0. The number of anilines is 1. The Labute approximate surface area is 174 Å². The number of sulfonamides is 1. The summed E-state index contributed by atoms with van der Waals surface area (Å²) in [6.45, 7) is 2.35. The molecule has 0 unspecified atom stereocenters. The molecule has 3 N–H and O–H groups in total. The monoisotopic (exact) mass is 436 g/mol. The highest BCUT2D eigenvalue weighted by molar-refractivity contribution is 7.89. The summed E-state index contributed by atoms with van der Waals surface area (Å²) < 4.78 is 22.5. The van der Waals surface area contributed by atoms with Crippen LogP contribution in [0.1, 0.15) is 10.4 Å². The van der Waals surface area contributed by atoms with E-state index in [2.05, 4.69) is 5.32 Å². The van der Waals surface area contributed by atoms with Gasteiger partial charge in [0.1, 0.15) is 0 Å². The fraction of sp³-hybridized carbons (Fsp3) is 0.263. The van der Waals surface area contributed by atoms with E-state index in [9.17, 15) is 18.0 Å². The minimum atomic E-state index is -3.77. The normalized spacial score (nSPS) is 15.2. The van der Waals surface area contributed by atoms with E-state index in [0.717, 1.165) is 0 Å². The van der Waals surface area contributed by atoms with Crippen LogP contribution >= 0.6 is 11.6 Å². The molecule has 1 fully saturated rings. The van der Waals surface area contributed by atoms with E-state index in [1.807, 2.05) is 4.90 Å². The molecule has 1 saturated heterocycles. The van der Waals surface area contributed by atoms with Crippen LogP contribution in [0, 0.1) is 0 Å². The molecule has 1 heterocycles. The van der Waals surface area contributed by atoms with E-state index in [1.165, 1.54) is 24.3 Å². The van der Waals surface area contributed by atoms with Gasteiger partial charge in [-0.3, -0.25) is 14.5 Å². The highest BCUT2D eigenvalue weighted by Gasteiger charge is 2.23. The number of carbonyl (C=O) groups is 2. The van der Waals surface area contributed by atoms with Gasteiger partial charge in [-0.25, -0.2) is 13.6 Å². The molecule has 1 aliphatic heterocycles. The first-order valence-corrected chi connectivity index (χ1v) is 10.8. The second-order valence-electron chi connectivity index (χ2n) is 6.70. The third-order valence-corrected chi connectivity index (χ3v) is 5.73. The third-order valence-electron chi connectivity index (χ3n) is 4.56. The quantitative estimate of drug-likeness (QED) is 0.735. The van der Waals surface area contributed by atoms with Crippen LogP contribution in [0.3, 0.4) is 0 Å². The van der Waals surface area contributed by atoms with Gasteiger partial charge < -0.3 is 10.2 Å². The van der Waals surface area contributed by atoms with Crippen LogP contribution in [0.15, 0.2) is 53.4 Å². The largest absolute Gasteiger partial charge is 0.336 e. The molecule has 0 radical (unpaired) electrons. The van der Waals surface area contributed by atoms with E-state index in [0.29, 0.717) is 42.5 Å². The molecule has 0 atom stereocenters. The fourth-order valence-corrected chi connectivity index (χ4v) is 3.75. The molecule has 0 bridgehead atoms. The molecular weight excluding hydrogens is 416 g/mol. The predicted molar refractivity (Wildman–Crippen MR) is 110 cm³/mol. The summed E-state index contributed by atoms with van der Waals surface area (Å²) in [5, 5.41) is 8.29. The lowest BCUT2D eigenvalue weighted by molar-refractivity contribution is -0.117. The molecule has 10 heteroatoms. The van der Waals surface area contributed by atoms with Gasteiger partial charge in [-0.1, -0.05) is 17.7 Å². The van der Waals surface area contributed by atoms with Crippen molar-refractivity contribution in [1.29, 1.82) is 0 Å². The standard InChI is InChI=1S/C19H21ClN4O4S/c20-15-3-1-2-14(12-15)19(26)24-10-8-23(9-11-24)13-18(25)22-16-4-6-17(7-5-16)29(21,27)28/h1-7,12H,8-11,13H2,(H,22,25)(H2,21,27,28). The van der Waals surface area contributed by atoms with Crippen LogP contribution in [-0.4, -0.2) is 62.8 Å². The molecule has 2 aromatic carbocycles. The van der Waals surface area contributed by atoms with E-state index >= 15 is 0 Å². The van der Waals surface area contributed by atoms with Crippen molar-refractivity contribution in [2.75, 3.05) is 38.0 Å². The molecule has 8 nitrogen and oxygen atoms in total. The second-order valence-corrected chi connectivity index (χ2v) is 8.69. The summed E-state index contributed by atoms with van der Waals surface area (Å²) in [4.78, 5) is 28.5. The number of primary sulfonamides is 1. The Balaban J connectivity index is 1.49. The topological polar surface area (TPSA) is 113 Å². The Hall–Kier alpha value is -2.46. The number of nitrogens with zero attached hydrogens (tertiary/aromatic N) is 2. The van der Waals surface area contributed by atoms with Crippen LogP contribution in [0.4, 0.5) is 5.69 Å². The SMILES string of the molecule is NS(=O)(=O)c1ccc(NC(=O)CN2CCN(C(=O)c3cccc(Cl)c3)CC2)cc1. The predicted octanol–water partition coefficient (Wildman–Crippen LogP) is 1.38. The number of hydrogen-bond acceptors (Lipinski definition) is 5. The number of nitrogens with two attached hydrogens (primary N) is 1. The third kappa shape index (κ3) is 5.77. The van der Waals surface area contributed by atoms with E-state index in [-0.39, 0.29) is 23.3 Å². The number of benzene rings is 2. The first-order valence-electron chi connectivity index (χ1n) is 8.92. The minimum Gasteiger partial charge on any atom is -0.336 e. The van der Waals surface area contributed by atoms with Gasteiger partial charge in [-0.05, 0) is 42.5 Å². The Morgan fingerprint density at radius 3 is 2.28 bits per heavy atom. The van der Waals surface area contributed by atoms with Gasteiger partial charge in [-0.15, -0.1) is 0 Å². The van der Waals surface area contributed by atoms with Crippen molar-refractivity contribution in [3.8, 4) is 0 Å². The average Bonchev–Trinajstić information content (AvgIpc) is 2.67. The van der Waals surface area contributed by atoms with E-state index in [1.54, 1.807) is 29.2 Å². The molecule has 2 amide bonds. The van der Waals surface area contributed by atoms with Gasteiger partial charge in [0.05, 0.1) is 11.4 Å². The number of piperazine rings is 1. The fourth-order valence-electron chi connectivity index (χ4n) is 3.04. The number of halogens is 1. The first kappa shape index (κ1) is 21.3. The zero-order valence-corrected chi connectivity index (χ0v) is 17.1. The van der Waals surface area contributed by atoms with Crippen molar-refractivity contribution in [3.63, 3.8) is 0 Å². The highest BCUT2D eigenvalue weighted by Crippen LogP contribution is 2.15. The zero-order valence-electron chi connectivity index (χ0n) is 15.5. The van der Waals surface area contributed by atoms with Gasteiger partial charge in [0, 0.05) is 42.5 Å². The second kappa shape index (κ2) is 8.91. The maximum Gasteiger partial charge on any atom is 0.253 e. The van der Waals surface area contributed by atoms with Gasteiger partial charge in [0.25, 0.3) is 5.91 Å². The van der Waals surface area contributed by atoms with Gasteiger partial charge in [0.15, 0.2) is 0 Å². The van der Waals surface area contributed by atoms with Crippen LogP contribution in [0.5, 0.6) is 0 Å². The molecule has 0 spiro atoms. The number of amides is 2. The van der Waals surface area contributed by atoms with Crippen molar-refractivity contribution in [2.45, 2.75) is 4.90 Å². The summed E-state index contributed by atoms with van der Waals surface area (Å²) in [6.07, 6.45) is 0. The van der Waals surface area contributed by atoms with E-state index in [4.69, 9.17) is 16.7 Å². The maximum atomic E-state index is 12.5.